The molecular formula is C80H142N28O18. The number of nitrogens with zero attached hydrogens (tertiary/aromatic N) is 6. The van der Waals surface area contributed by atoms with Crippen molar-refractivity contribution < 1.29 is 86.2 Å². The summed E-state index contributed by atoms with van der Waals surface area (Å²) in [6, 6.07) is -14.0. The lowest BCUT2D eigenvalue weighted by Crippen LogP contribution is -2.60. The molecule has 0 spiro atoms. The van der Waals surface area contributed by atoms with Crippen LogP contribution in [-0.2, 0) is 112 Å². The van der Waals surface area contributed by atoms with Gasteiger partial charge in [0.05, 0.1) is 65.0 Å². The zero-order chi connectivity index (χ0) is 92.6. The molecular weight excluding hydrogens is 1640 g/mol. The first-order valence-corrected chi connectivity index (χ1v) is 44.4. The largest absolute Gasteiger partial charge is 0.377 e. The Labute approximate surface area is 735 Å². The fraction of sp³-hybridized carbons (Fsp3) is 0.750. The van der Waals surface area contributed by atoms with Crippen LogP contribution in [0, 0.1) is 0 Å². The monoisotopic (exact) mass is 1780 g/mol. The van der Waals surface area contributed by atoms with Gasteiger partial charge in [0.2, 0.25) is 94.5 Å². The summed E-state index contributed by atoms with van der Waals surface area (Å²) in [6.45, 7) is 9.78. The van der Waals surface area contributed by atoms with Crippen molar-refractivity contribution in [3.8, 4) is 0 Å². The van der Waals surface area contributed by atoms with Gasteiger partial charge in [0.25, 0.3) is 0 Å². The summed E-state index contributed by atoms with van der Waals surface area (Å²) in [7, 11) is 0. The Bertz CT molecular complexity index is 3470. The smallest absolute Gasteiger partial charge is 0.243 e. The molecule has 0 aromatic carbocycles. The van der Waals surface area contributed by atoms with Crippen LogP contribution in [0.15, 0.2) is 12.4 Å². The average molecular weight is 1780 g/mol. The second-order valence-electron chi connectivity index (χ2n) is 31.5. The molecule has 0 radical (unpaired) electrons. The zero-order valence-electron chi connectivity index (χ0n) is 73.7. The van der Waals surface area contributed by atoms with Crippen LogP contribution in [-0.4, -0.2) is 276 Å². The summed E-state index contributed by atoms with van der Waals surface area (Å²) >= 11 is 0. The lowest BCUT2D eigenvalue weighted by Gasteiger charge is -2.28. The summed E-state index contributed by atoms with van der Waals surface area (Å²) in [5.74, 6) is -9.89. The highest BCUT2D eigenvalue weighted by Gasteiger charge is 2.37. The predicted molar refractivity (Wildman–Crippen MR) is 461 cm³/mol. The number of hydrogen-bond donors (Lipinski definition) is 22. The van der Waals surface area contributed by atoms with Crippen LogP contribution in [0.1, 0.15) is 219 Å². The Hall–Kier alpha value is -10.5. The number of carbonyl (C=O) groups is 16. The SMILES string of the molecule is C[C@@H]1NC(=O)[C@@H](CCCCN)NC(=O)[C@H](C)NC(=O)[C@@H](CCCCN)NC(=O)[C@H](CCCCNC(=O)CCC(=O)NCc2cn(CCOCCOCCn3cc(CNC(=O)CCC(=O)NCCCC[C@@H]4NC(=O)[C@@H](CCCCN)NC(=O)[C@H](C)NC(=O)[C@@H](CCCCN)NC(=O)[C@H](C)NC(=O)[C@@H](CCCCN)NC4=O)nn3)nn2)NC(=O)[C@@H](CCCCN)NC1=O. The average Bonchev–Trinajstić information content (AvgIpc) is 1.03. The fourth-order valence-corrected chi connectivity index (χ4v) is 13.2. The molecule has 2 fully saturated rings. The quantitative estimate of drug-likeness (QED) is 0.0274. The molecule has 0 saturated carbocycles. The number of rotatable bonds is 53. The highest BCUT2D eigenvalue weighted by molar-refractivity contribution is 6.00. The van der Waals surface area contributed by atoms with Gasteiger partial charge in [0, 0.05) is 38.8 Å². The maximum atomic E-state index is 14.2. The topological polar surface area (TPSA) is 702 Å². The van der Waals surface area contributed by atoms with E-state index in [4.69, 9.17) is 43.9 Å². The fourth-order valence-electron chi connectivity index (χ4n) is 13.2. The van der Waals surface area contributed by atoms with E-state index in [-0.39, 0.29) is 142 Å². The van der Waals surface area contributed by atoms with Crippen LogP contribution in [0.25, 0.3) is 0 Å². The number of unbranched alkanes of at least 4 members (excludes halogenated alkanes) is 8. The first-order valence-electron chi connectivity index (χ1n) is 44.4. The van der Waals surface area contributed by atoms with Gasteiger partial charge in [-0.15, -0.1) is 10.2 Å². The molecule has 0 bridgehead atoms. The van der Waals surface area contributed by atoms with Crippen LogP contribution in [0.4, 0.5) is 0 Å². The van der Waals surface area contributed by atoms with E-state index in [9.17, 15) is 76.7 Å². The van der Waals surface area contributed by atoms with Gasteiger partial charge >= 0.3 is 0 Å². The van der Waals surface area contributed by atoms with Crippen molar-refractivity contribution in [3.05, 3.63) is 23.8 Å². The number of amides is 16. The van der Waals surface area contributed by atoms with Crippen LogP contribution in [0.2, 0.25) is 0 Å². The number of hydrogen-bond acceptors (Lipinski definition) is 28. The number of carbonyl (C=O) groups excluding carboxylic acids is 16. The summed E-state index contributed by atoms with van der Waals surface area (Å²) in [4.78, 5) is 217. The standard InChI is InChI=1S/C80H142N28O18/c1-51-69(113)95-57(21-5-13-33-81)73(117)91-53(3)71(115)97-61(25-9-17-37-85)77(121)101-63(79(123)99-59(75(119)93-51)23-7-15-35-83)27-11-19-39-87-65(109)29-31-67(111)89-47-55-49-107(105-103-55)41-43-125-45-46-126-44-42-108-50-56(104-106-108)48-90-68(112)32-30-66(110)88-40-20-12-28-64-80(124)100-60(24-8-16-36-84)76(120)94-52(2)70(114)96-58(22-6-14-34-82)74(118)92-54(4)72(116)98-62(78(122)102-64)26-10-18-38-86/h49-54,57-64H,5-48,81-86H2,1-4H3,(H,87,109)(H,88,110)(H,89,111)(H,90,112)(H,91,117)(H,92,118)(H,93,119)(H,94,120)(H,95,113)(H,96,114)(H,97,115)(H,98,116)(H,99,123)(H,100,124)(H,101,121)(H,102,122)/t51-,52-,53-,54-,57+,58+,59+,60+,61+,62+,63-,64-/m0/s1. The van der Waals surface area contributed by atoms with Crippen LogP contribution < -0.4 is 119 Å². The molecule has 0 unspecified atom stereocenters. The highest BCUT2D eigenvalue weighted by atomic mass is 16.5. The molecule has 2 saturated heterocycles. The molecule has 4 heterocycles. The Balaban J connectivity index is 1.15. The third kappa shape index (κ3) is 44.1. The third-order valence-electron chi connectivity index (χ3n) is 20.8. The van der Waals surface area contributed by atoms with Crippen molar-refractivity contribution in [2.75, 3.05) is 78.8 Å². The molecule has 126 heavy (non-hydrogen) atoms. The molecule has 12 atom stereocenters. The normalized spacial score (nSPS) is 21.9. The molecule has 2 aromatic rings. The maximum Gasteiger partial charge on any atom is 0.243 e. The Morgan fingerprint density at radius 1 is 0.294 bits per heavy atom. The van der Waals surface area contributed by atoms with E-state index in [1.807, 2.05) is 0 Å². The Kier molecular flexibility index (Phi) is 53.6. The van der Waals surface area contributed by atoms with Gasteiger partial charge in [-0.25, -0.2) is 9.36 Å². The zero-order valence-corrected chi connectivity index (χ0v) is 73.7. The molecule has 46 heteroatoms. The molecule has 2 aromatic heterocycles. The van der Waals surface area contributed by atoms with E-state index < -0.39 is 167 Å². The minimum Gasteiger partial charge on any atom is -0.377 e. The van der Waals surface area contributed by atoms with Crippen LogP contribution in [0.5, 0.6) is 0 Å². The van der Waals surface area contributed by atoms with Crippen molar-refractivity contribution in [2.24, 2.45) is 34.4 Å². The predicted octanol–water partition coefficient (Wildman–Crippen LogP) is -6.33. The van der Waals surface area contributed by atoms with Crippen molar-refractivity contribution in [1.82, 2.24) is 115 Å². The van der Waals surface area contributed by atoms with Gasteiger partial charge in [-0.3, -0.25) is 76.7 Å². The van der Waals surface area contributed by atoms with Crippen LogP contribution >= 0.6 is 0 Å². The summed E-state index contributed by atoms with van der Waals surface area (Å²) < 4.78 is 14.5. The van der Waals surface area contributed by atoms with Gasteiger partial charge in [-0.05, 0) is 221 Å². The van der Waals surface area contributed by atoms with Gasteiger partial charge in [0.1, 0.15) is 83.9 Å². The summed E-state index contributed by atoms with van der Waals surface area (Å²) in [6.07, 6.45) is 10.7. The highest BCUT2D eigenvalue weighted by Crippen LogP contribution is 2.15. The van der Waals surface area contributed by atoms with Gasteiger partial charge < -0.3 is 129 Å². The van der Waals surface area contributed by atoms with E-state index >= 15 is 0 Å². The minimum atomic E-state index is -1.23. The number of ether oxygens (including phenoxy) is 2. The maximum absolute atomic E-state index is 14.2. The van der Waals surface area contributed by atoms with Crippen molar-refractivity contribution in [3.63, 3.8) is 0 Å². The molecule has 2 aliphatic heterocycles. The number of nitrogens with one attached hydrogen (secondary N) is 16. The summed E-state index contributed by atoms with van der Waals surface area (Å²) in [5, 5.41) is 59.6. The number of aromatic nitrogens is 6. The molecule has 710 valence electrons. The summed E-state index contributed by atoms with van der Waals surface area (Å²) in [5.41, 5.74) is 35.3. The molecule has 0 aliphatic carbocycles. The van der Waals surface area contributed by atoms with Crippen LogP contribution in [0.3, 0.4) is 0 Å². The van der Waals surface area contributed by atoms with Crippen molar-refractivity contribution in [2.45, 2.75) is 306 Å². The van der Waals surface area contributed by atoms with Crippen molar-refractivity contribution in [1.29, 1.82) is 0 Å². The van der Waals surface area contributed by atoms with Gasteiger partial charge in [-0.1, -0.05) is 10.4 Å². The van der Waals surface area contributed by atoms with Gasteiger partial charge in [-0.2, -0.15) is 0 Å². The molecule has 16 amide bonds. The molecule has 4 rings (SSSR count). The molecule has 2 aliphatic rings. The third-order valence-corrected chi connectivity index (χ3v) is 20.8. The second kappa shape index (κ2) is 62.6. The first kappa shape index (κ1) is 108. The van der Waals surface area contributed by atoms with Crippen molar-refractivity contribution >= 4 is 94.5 Å². The second-order valence-corrected chi connectivity index (χ2v) is 31.5. The van der Waals surface area contributed by atoms with E-state index in [1.165, 1.54) is 27.7 Å². The molecule has 46 nitrogen and oxygen atoms in total. The minimum absolute atomic E-state index is 0.0355. The lowest BCUT2D eigenvalue weighted by atomic mass is 10.0. The molecule has 28 N–H and O–H groups in total. The van der Waals surface area contributed by atoms with Gasteiger partial charge in [0.15, 0.2) is 0 Å². The first-order chi connectivity index (χ1) is 60.5. The Morgan fingerprint density at radius 2 is 0.500 bits per heavy atom. The number of nitrogens with two attached hydrogens (primary N) is 6. The lowest BCUT2D eigenvalue weighted by molar-refractivity contribution is -0.136. The van der Waals surface area contributed by atoms with E-state index in [2.05, 4.69) is 106 Å². The Morgan fingerprint density at radius 3 is 0.730 bits per heavy atom. The van der Waals surface area contributed by atoms with E-state index in [0.29, 0.717) is 154 Å². The van der Waals surface area contributed by atoms with E-state index in [0.717, 1.165) is 0 Å². The van der Waals surface area contributed by atoms with E-state index in [1.54, 1.807) is 21.8 Å².